The molecule has 27 heavy (non-hydrogen) atoms. The lowest BCUT2D eigenvalue weighted by molar-refractivity contribution is -0.126. The van der Waals surface area contributed by atoms with E-state index < -0.39 is 0 Å². The van der Waals surface area contributed by atoms with Crippen LogP contribution in [0, 0.1) is 0 Å². The molecule has 1 amide bonds. The lowest BCUT2D eigenvalue weighted by Gasteiger charge is -2.39. The molecule has 0 saturated carbocycles. The van der Waals surface area contributed by atoms with Crippen LogP contribution in [0.5, 0.6) is 0 Å². The highest BCUT2D eigenvalue weighted by Crippen LogP contribution is 2.38. The SMILES string of the molecule is COCC(=O)NCC1CCC2(CCN(C/C(C)=C/c3ccccc3)CC2)O1. The van der Waals surface area contributed by atoms with Gasteiger partial charge in [0.25, 0.3) is 0 Å². The molecule has 5 nitrogen and oxygen atoms in total. The predicted octanol–water partition coefficient (Wildman–Crippen LogP) is 2.87. The zero-order valence-corrected chi connectivity index (χ0v) is 16.6. The van der Waals surface area contributed by atoms with Gasteiger partial charge in [-0.15, -0.1) is 0 Å². The van der Waals surface area contributed by atoms with Gasteiger partial charge >= 0.3 is 0 Å². The molecule has 1 aromatic carbocycles. The molecular weight excluding hydrogens is 340 g/mol. The topological polar surface area (TPSA) is 50.8 Å². The van der Waals surface area contributed by atoms with Crippen molar-refractivity contribution >= 4 is 12.0 Å². The van der Waals surface area contributed by atoms with E-state index in [1.165, 1.54) is 18.2 Å². The van der Waals surface area contributed by atoms with Crippen LogP contribution in [-0.2, 0) is 14.3 Å². The van der Waals surface area contributed by atoms with Gasteiger partial charge in [-0.1, -0.05) is 42.0 Å². The zero-order chi connectivity index (χ0) is 19.1. The molecule has 2 saturated heterocycles. The number of carbonyl (C=O) groups is 1. The van der Waals surface area contributed by atoms with E-state index in [2.05, 4.69) is 53.5 Å². The van der Waals surface area contributed by atoms with E-state index in [-0.39, 0.29) is 24.2 Å². The molecule has 0 bridgehead atoms. The van der Waals surface area contributed by atoms with Crippen molar-refractivity contribution in [2.45, 2.75) is 44.3 Å². The first-order valence-electron chi connectivity index (χ1n) is 9.97. The molecule has 0 aromatic heterocycles. The number of methoxy groups -OCH3 is 1. The van der Waals surface area contributed by atoms with Crippen LogP contribution in [0.25, 0.3) is 6.08 Å². The number of carbonyl (C=O) groups excluding carboxylic acids is 1. The Bertz CT molecular complexity index is 636. The van der Waals surface area contributed by atoms with E-state index in [4.69, 9.17) is 9.47 Å². The zero-order valence-electron chi connectivity index (χ0n) is 16.6. The standard InChI is InChI=1S/C22H32N2O3/c1-18(14-19-6-4-3-5-7-19)16-24-12-10-22(11-13-24)9-8-20(27-22)15-23-21(25)17-26-2/h3-7,14,20H,8-13,15-17H2,1-2H3,(H,23,25)/b18-14+. The van der Waals surface area contributed by atoms with Gasteiger partial charge in [0.2, 0.25) is 5.91 Å². The van der Waals surface area contributed by atoms with Gasteiger partial charge in [0.1, 0.15) is 6.61 Å². The number of hydrogen-bond acceptors (Lipinski definition) is 4. The summed E-state index contributed by atoms with van der Waals surface area (Å²) in [4.78, 5) is 14.1. The first-order chi connectivity index (χ1) is 13.1. The van der Waals surface area contributed by atoms with Crippen molar-refractivity contribution < 1.29 is 14.3 Å². The number of piperidine rings is 1. The van der Waals surface area contributed by atoms with Crippen LogP contribution in [-0.4, -0.2) is 62.4 Å². The van der Waals surface area contributed by atoms with Crippen LogP contribution in [0.15, 0.2) is 35.9 Å². The Morgan fingerprint density at radius 3 is 2.74 bits per heavy atom. The predicted molar refractivity (Wildman–Crippen MR) is 107 cm³/mol. The van der Waals surface area contributed by atoms with Crippen molar-refractivity contribution in [3.05, 3.63) is 41.5 Å². The van der Waals surface area contributed by atoms with Crippen molar-refractivity contribution in [3.63, 3.8) is 0 Å². The molecule has 0 aliphatic carbocycles. The van der Waals surface area contributed by atoms with Gasteiger partial charge in [0, 0.05) is 33.3 Å². The highest BCUT2D eigenvalue weighted by Gasteiger charge is 2.42. The molecule has 1 spiro atoms. The number of nitrogens with one attached hydrogen (secondary N) is 1. The molecule has 0 radical (unpaired) electrons. The summed E-state index contributed by atoms with van der Waals surface area (Å²) < 4.78 is 11.2. The number of likely N-dealkylation sites (tertiary alicyclic amines) is 1. The molecule has 5 heteroatoms. The van der Waals surface area contributed by atoms with Crippen LogP contribution in [0.2, 0.25) is 0 Å². The molecule has 2 aliphatic heterocycles. The van der Waals surface area contributed by atoms with Gasteiger partial charge in [-0.25, -0.2) is 0 Å². The molecule has 2 aliphatic rings. The molecule has 1 unspecified atom stereocenters. The van der Waals surface area contributed by atoms with Crippen LogP contribution in [0.1, 0.15) is 38.2 Å². The highest BCUT2D eigenvalue weighted by molar-refractivity contribution is 5.77. The number of benzene rings is 1. The summed E-state index contributed by atoms with van der Waals surface area (Å²) >= 11 is 0. The van der Waals surface area contributed by atoms with E-state index >= 15 is 0 Å². The Morgan fingerprint density at radius 1 is 1.30 bits per heavy atom. The van der Waals surface area contributed by atoms with E-state index in [0.717, 1.165) is 45.3 Å². The van der Waals surface area contributed by atoms with Gasteiger partial charge < -0.3 is 14.8 Å². The Kier molecular flexibility index (Phi) is 7.05. The van der Waals surface area contributed by atoms with Crippen LogP contribution >= 0.6 is 0 Å². The Morgan fingerprint density at radius 2 is 2.04 bits per heavy atom. The average molecular weight is 373 g/mol. The summed E-state index contributed by atoms with van der Waals surface area (Å²) in [5.41, 5.74) is 2.67. The smallest absolute Gasteiger partial charge is 0.246 e. The largest absolute Gasteiger partial charge is 0.375 e. The lowest BCUT2D eigenvalue weighted by Crippen LogP contribution is -2.45. The molecule has 3 rings (SSSR count). The van der Waals surface area contributed by atoms with Crippen molar-refractivity contribution in [1.82, 2.24) is 10.2 Å². The molecule has 148 valence electrons. The summed E-state index contributed by atoms with van der Waals surface area (Å²) in [5, 5.41) is 2.90. The Labute approximate surface area is 162 Å². The van der Waals surface area contributed by atoms with E-state index in [9.17, 15) is 4.79 Å². The molecule has 1 atom stereocenters. The maximum atomic E-state index is 11.5. The Balaban J connectivity index is 1.42. The maximum absolute atomic E-state index is 11.5. The quantitative estimate of drug-likeness (QED) is 0.800. The fraction of sp³-hybridized carbons (Fsp3) is 0.591. The second-order valence-electron chi connectivity index (χ2n) is 7.88. The first-order valence-corrected chi connectivity index (χ1v) is 9.97. The van der Waals surface area contributed by atoms with Crippen LogP contribution in [0.4, 0.5) is 0 Å². The Hall–Kier alpha value is -1.69. The molecule has 1 N–H and O–H groups in total. The van der Waals surface area contributed by atoms with E-state index in [0.29, 0.717) is 6.54 Å². The fourth-order valence-corrected chi connectivity index (χ4v) is 4.17. The average Bonchev–Trinajstić information content (AvgIpc) is 3.06. The third kappa shape index (κ3) is 5.89. The molecular formula is C22H32N2O3. The monoisotopic (exact) mass is 372 g/mol. The number of amides is 1. The van der Waals surface area contributed by atoms with Gasteiger partial charge in [-0.05, 0) is 38.2 Å². The normalized spacial score (nSPS) is 22.9. The van der Waals surface area contributed by atoms with Gasteiger partial charge in [0.15, 0.2) is 0 Å². The minimum Gasteiger partial charge on any atom is -0.375 e. The summed E-state index contributed by atoms with van der Waals surface area (Å²) in [7, 11) is 1.53. The number of rotatable bonds is 7. The summed E-state index contributed by atoms with van der Waals surface area (Å²) in [5.74, 6) is -0.0717. The van der Waals surface area contributed by atoms with Crippen LogP contribution < -0.4 is 5.32 Å². The molecule has 2 fully saturated rings. The molecule has 2 heterocycles. The highest BCUT2D eigenvalue weighted by atomic mass is 16.5. The minimum atomic E-state index is -0.0717. The van der Waals surface area contributed by atoms with Gasteiger partial charge in [-0.2, -0.15) is 0 Å². The van der Waals surface area contributed by atoms with Crippen molar-refractivity contribution in [3.8, 4) is 0 Å². The van der Waals surface area contributed by atoms with Crippen molar-refractivity contribution in [2.75, 3.05) is 39.9 Å². The lowest BCUT2D eigenvalue weighted by atomic mass is 9.88. The maximum Gasteiger partial charge on any atom is 0.246 e. The van der Waals surface area contributed by atoms with Crippen molar-refractivity contribution in [1.29, 1.82) is 0 Å². The third-order valence-corrected chi connectivity index (χ3v) is 5.59. The van der Waals surface area contributed by atoms with E-state index in [1.807, 2.05) is 0 Å². The van der Waals surface area contributed by atoms with Crippen LogP contribution in [0.3, 0.4) is 0 Å². The second-order valence-corrected chi connectivity index (χ2v) is 7.88. The summed E-state index contributed by atoms with van der Waals surface area (Å²) in [6.45, 7) is 6.07. The number of nitrogens with zero attached hydrogens (tertiary/aromatic N) is 1. The van der Waals surface area contributed by atoms with E-state index in [1.54, 1.807) is 0 Å². The third-order valence-electron chi connectivity index (χ3n) is 5.59. The van der Waals surface area contributed by atoms with Gasteiger partial charge in [0.05, 0.1) is 11.7 Å². The van der Waals surface area contributed by atoms with Gasteiger partial charge in [-0.3, -0.25) is 9.69 Å². The number of hydrogen-bond donors (Lipinski definition) is 1. The second kappa shape index (κ2) is 9.49. The first kappa shape index (κ1) is 20.1. The fourth-order valence-electron chi connectivity index (χ4n) is 4.17. The summed E-state index contributed by atoms with van der Waals surface area (Å²) in [6.07, 6.45) is 6.69. The van der Waals surface area contributed by atoms with Crippen molar-refractivity contribution in [2.24, 2.45) is 0 Å². The number of ether oxygens (including phenoxy) is 2. The summed E-state index contributed by atoms with van der Waals surface area (Å²) in [6, 6.07) is 10.5. The molecule has 1 aromatic rings. The minimum absolute atomic E-state index is 0.0181.